The first-order chi connectivity index (χ1) is 10.0. The van der Waals surface area contributed by atoms with Crippen LogP contribution in [0.5, 0.6) is 11.5 Å². The number of aromatic hydroxyl groups is 1. The molecule has 0 spiro atoms. The van der Waals surface area contributed by atoms with Crippen LogP contribution in [-0.2, 0) is 4.79 Å². The normalized spacial score (nSPS) is 14.1. The SMILES string of the molecule is COc1cccc(C(=O)N(C)CC(=O)N2CCCC2)c1O. The zero-order chi connectivity index (χ0) is 15.4. The molecule has 1 aromatic carbocycles. The molecule has 6 nitrogen and oxygen atoms in total. The lowest BCUT2D eigenvalue weighted by Crippen LogP contribution is -2.39. The minimum atomic E-state index is -0.404. The number of likely N-dealkylation sites (tertiary alicyclic amines) is 1. The van der Waals surface area contributed by atoms with Crippen molar-refractivity contribution in [2.24, 2.45) is 0 Å². The largest absolute Gasteiger partial charge is 0.504 e. The number of rotatable bonds is 4. The van der Waals surface area contributed by atoms with Crippen LogP contribution in [-0.4, -0.2) is 60.5 Å². The highest BCUT2D eigenvalue weighted by molar-refractivity contribution is 5.99. The average molecular weight is 292 g/mol. The van der Waals surface area contributed by atoms with Crippen molar-refractivity contribution in [3.05, 3.63) is 23.8 Å². The number of carbonyl (C=O) groups excluding carboxylic acids is 2. The number of ether oxygens (including phenoxy) is 1. The smallest absolute Gasteiger partial charge is 0.257 e. The van der Waals surface area contributed by atoms with Gasteiger partial charge in [0.15, 0.2) is 11.5 Å². The molecular weight excluding hydrogens is 272 g/mol. The summed E-state index contributed by atoms with van der Waals surface area (Å²) in [7, 11) is 2.97. The van der Waals surface area contributed by atoms with Crippen LogP contribution < -0.4 is 4.74 Å². The number of methoxy groups -OCH3 is 1. The van der Waals surface area contributed by atoms with Gasteiger partial charge in [-0.25, -0.2) is 0 Å². The fraction of sp³-hybridized carbons (Fsp3) is 0.467. The van der Waals surface area contributed by atoms with Crippen LogP contribution in [0.3, 0.4) is 0 Å². The van der Waals surface area contributed by atoms with E-state index in [1.807, 2.05) is 0 Å². The Bertz CT molecular complexity index is 538. The fourth-order valence-electron chi connectivity index (χ4n) is 2.41. The van der Waals surface area contributed by atoms with Crippen molar-refractivity contribution in [3.8, 4) is 11.5 Å². The second-order valence-corrected chi connectivity index (χ2v) is 5.11. The average Bonchev–Trinajstić information content (AvgIpc) is 3.01. The predicted molar refractivity (Wildman–Crippen MR) is 77.4 cm³/mol. The summed E-state index contributed by atoms with van der Waals surface area (Å²) in [6, 6.07) is 4.71. The summed E-state index contributed by atoms with van der Waals surface area (Å²) in [4.78, 5) is 27.4. The van der Waals surface area contributed by atoms with Gasteiger partial charge in [0.05, 0.1) is 19.2 Å². The minimum absolute atomic E-state index is 0.00941. The van der Waals surface area contributed by atoms with Crippen molar-refractivity contribution in [1.82, 2.24) is 9.80 Å². The van der Waals surface area contributed by atoms with E-state index in [4.69, 9.17) is 4.74 Å². The highest BCUT2D eigenvalue weighted by Gasteiger charge is 2.23. The van der Waals surface area contributed by atoms with E-state index in [1.54, 1.807) is 24.1 Å². The number of likely N-dealkylation sites (N-methyl/N-ethyl adjacent to an activating group) is 1. The number of carbonyl (C=O) groups is 2. The van der Waals surface area contributed by atoms with Gasteiger partial charge >= 0.3 is 0 Å². The van der Waals surface area contributed by atoms with Crippen LogP contribution in [0.25, 0.3) is 0 Å². The Balaban J connectivity index is 2.07. The van der Waals surface area contributed by atoms with Crippen LogP contribution >= 0.6 is 0 Å². The lowest BCUT2D eigenvalue weighted by atomic mass is 10.1. The van der Waals surface area contributed by atoms with E-state index in [-0.39, 0.29) is 29.5 Å². The van der Waals surface area contributed by atoms with Crippen molar-refractivity contribution in [3.63, 3.8) is 0 Å². The Morgan fingerprint density at radius 1 is 1.33 bits per heavy atom. The zero-order valence-electron chi connectivity index (χ0n) is 12.3. The zero-order valence-corrected chi connectivity index (χ0v) is 12.3. The fourth-order valence-corrected chi connectivity index (χ4v) is 2.41. The number of nitrogens with zero attached hydrogens (tertiary/aromatic N) is 2. The number of para-hydroxylation sites is 1. The van der Waals surface area contributed by atoms with Gasteiger partial charge in [0.25, 0.3) is 5.91 Å². The number of amides is 2. The molecule has 0 unspecified atom stereocenters. The molecular formula is C15H20N2O4. The van der Waals surface area contributed by atoms with E-state index in [0.29, 0.717) is 0 Å². The van der Waals surface area contributed by atoms with Gasteiger partial charge in [-0.3, -0.25) is 9.59 Å². The first-order valence-corrected chi connectivity index (χ1v) is 6.93. The number of benzene rings is 1. The van der Waals surface area contributed by atoms with E-state index >= 15 is 0 Å². The molecule has 1 N–H and O–H groups in total. The Labute approximate surface area is 123 Å². The van der Waals surface area contributed by atoms with E-state index in [2.05, 4.69) is 0 Å². The molecule has 1 heterocycles. The lowest BCUT2D eigenvalue weighted by Gasteiger charge is -2.22. The van der Waals surface area contributed by atoms with Crippen LogP contribution in [0.1, 0.15) is 23.2 Å². The van der Waals surface area contributed by atoms with E-state index in [0.717, 1.165) is 25.9 Å². The molecule has 1 saturated heterocycles. The number of hydrogen-bond acceptors (Lipinski definition) is 4. The first kappa shape index (κ1) is 15.2. The van der Waals surface area contributed by atoms with Crippen molar-refractivity contribution in [1.29, 1.82) is 0 Å². The molecule has 6 heteroatoms. The Morgan fingerprint density at radius 3 is 2.62 bits per heavy atom. The molecule has 0 bridgehead atoms. The molecule has 2 rings (SSSR count). The molecule has 0 aliphatic carbocycles. The van der Waals surface area contributed by atoms with E-state index in [1.165, 1.54) is 18.1 Å². The van der Waals surface area contributed by atoms with Crippen molar-refractivity contribution in [2.75, 3.05) is 33.8 Å². The predicted octanol–water partition coefficient (Wildman–Crippen LogP) is 1.10. The summed E-state index contributed by atoms with van der Waals surface area (Å²) in [6.07, 6.45) is 2.03. The number of phenolic OH excluding ortho intramolecular Hbond substituents is 1. The first-order valence-electron chi connectivity index (χ1n) is 6.93. The third-order valence-electron chi connectivity index (χ3n) is 3.63. The van der Waals surface area contributed by atoms with Gasteiger partial charge in [0, 0.05) is 20.1 Å². The number of phenols is 1. The monoisotopic (exact) mass is 292 g/mol. The highest BCUT2D eigenvalue weighted by atomic mass is 16.5. The Kier molecular flexibility index (Phi) is 4.67. The second kappa shape index (κ2) is 6.47. The maximum atomic E-state index is 12.3. The summed E-state index contributed by atoms with van der Waals surface area (Å²) in [5.41, 5.74) is 0.131. The van der Waals surface area contributed by atoms with Gasteiger partial charge in [0.2, 0.25) is 5.91 Å². The van der Waals surface area contributed by atoms with Gasteiger partial charge in [-0.05, 0) is 25.0 Å². The van der Waals surface area contributed by atoms with Crippen molar-refractivity contribution in [2.45, 2.75) is 12.8 Å². The van der Waals surface area contributed by atoms with Gasteiger partial charge in [-0.1, -0.05) is 6.07 Å². The molecule has 0 saturated carbocycles. The standard InChI is InChI=1S/C15H20N2O4/c1-16(10-13(18)17-8-3-4-9-17)15(20)11-6-5-7-12(21-2)14(11)19/h5-7,19H,3-4,8-10H2,1-2H3. The molecule has 1 aromatic rings. The molecule has 0 atom stereocenters. The molecule has 1 aliphatic rings. The van der Waals surface area contributed by atoms with Gasteiger partial charge in [-0.15, -0.1) is 0 Å². The number of hydrogen-bond donors (Lipinski definition) is 1. The highest BCUT2D eigenvalue weighted by Crippen LogP contribution is 2.30. The molecule has 1 aliphatic heterocycles. The summed E-state index contributed by atoms with van der Waals surface area (Å²) in [5.74, 6) is -0.435. The lowest BCUT2D eigenvalue weighted by molar-refractivity contribution is -0.130. The minimum Gasteiger partial charge on any atom is -0.504 e. The molecule has 2 amide bonds. The molecule has 0 radical (unpaired) electrons. The van der Waals surface area contributed by atoms with Gasteiger partial charge < -0.3 is 19.6 Å². The van der Waals surface area contributed by atoms with Crippen LogP contribution in [0.4, 0.5) is 0 Å². The van der Waals surface area contributed by atoms with Crippen LogP contribution in [0.15, 0.2) is 18.2 Å². The Hall–Kier alpha value is -2.24. The van der Waals surface area contributed by atoms with Crippen LogP contribution in [0.2, 0.25) is 0 Å². The third-order valence-corrected chi connectivity index (χ3v) is 3.63. The Morgan fingerprint density at radius 2 is 2.00 bits per heavy atom. The summed E-state index contributed by atoms with van der Waals surface area (Å²) < 4.78 is 4.98. The summed E-state index contributed by atoms with van der Waals surface area (Å²) in [5, 5.41) is 9.99. The maximum Gasteiger partial charge on any atom is 0.257 e. The third kappa shape index (κ3) is 3.26. The maximum absolute atomic E-state index is 12.3. The quantitative estimate of drug-likeness (QED) is 0.902. The molecule has 0 aromatic heterocycles. The van der Waals surface area contributed by atoms with Crippen LogP contribution in [0, 0.1) is 0 Å². The summed E-state index contributed by atoms with van der Waals surface area (Å²) >= 11 is 0. The second-order valence-electron chi connectivity index (χ2n) is 5.11. The molecule has 114 valence electrons. The van der Waals surface area contributed by atoms with Crippen molar-refractivity contribution < 1.29 is 19.4 Å². The molecule has 1 fully saturated rings. The summed E-state index contributed by atoms with van der Waals surface area (Å²) in [6.45, 7) is 1.52. The van der Waals surface area contributed by atoms with E-state index < -0.39 is 5.91 Å². The van der Waals surface area contributed by atoms with Gasteiger partial charge in [-0.2, -0.15) is 0 Å². The van der Waals surface area contributed by atoms with Gasteiger partial charge in [0.1, 0.15) is 0 Å². The van der Waals surface area contributed by atoms with E-state index in [9.17, 15) is 14.7 Å². The van der Waals surface area contributed by atoms with Crippen molar-refractivity contribution >= 4 is 11.8 Å². The molecule has 21 heavy (non-hydrogen) atoms. The topological polar surface area (TPSA) is 70.1 Å².